The SMILES string of the molecule is NC(=O)c1nccnc1C(=O)N1C[C@H]2CCC[C@@H]2C1. The van der Waals surface area contributed by atoms with Crippen molar-refractivity contribution >= 4 is 11.8 Å². The van der Waals surface area contributed by atoms with E-state index in [2.05, 4.69) is 9.97 Å². The van der Waals surface area contributed by atoms with Crippen LogP contribution in [-0.4, -0.2) is 39.8 Å². The van der Waals surface area contributed by atoms with Crippen molar-refractivity contribution in [2.24, 2.45) is 17.6 Å². The zero-order valence-corrected chi connectivity index (χ0v) is 10.6. The molecule has 2 aliphatic rings. The van der Waals surface area contributed by atoms with Gasteiger partial charge in [-0.05, 0) is 24.7 Å². The molecule has 0 aromatic carbocycles. The Morgan fingerprint density at radius 2 is 1.68 bits per heavy atom. The van der Waals surface area contributed by atoms with Crippen LogP contribution in [0.25, 0.3) is 0 Å². The van der Waals surface area contributed by atoms with E-state index in [9.17, 15) is 9.59 Å². The molecule has 1 saturated heterocycles. The lowest BCUT2D eigenvalue weighted by Crippen LogP contribution is -2.32. The smallest absolute Gasteiger partial charge is 0.274 e. The van der Waals surface area contributed by atoms with E-state index in [0.717, 1.165) is 13.1 Å². The number of amides is 2. The van der Waals surface area contributed by atoms with Gasteiger partial charge in [0, 0.05) is 25.5 Å². The largest absolute Gasteiger partial charge is 0.364 e. The van der Waals surface area contributed by atoms with Crippen molar-refractivity contribution in [3.8, 4) is 0 Å². The second-order valence-electron chi connectivity index (χ2n) is 5.28. The summed E-state index contributed by atoms with van der Waals surface area (Å²) >= 11 is 0. The third-order valence-corrected chi connectivity index (χ3v) is 4.15. The van der Waals surface area contributed by atoms with Crippen molar-refractivity contribution in [1.29, 1.82) is 0 Å². The van der Waals surface area contributed by atoms with Crippen molar-refractivity contribution in [3.05, 3.63) is 23.8 Å². The summed E-state index contributed by atoms with van der Waals surface area (Å²) in [5.41, 5.74) is 5.27. The fourth-order valence-electron chi connectivity index (χ4n) is 3.23. The highest BCUT2D eigenvalue weighted by Crippen LogP contribution is 2.38. The van der Waals surface area contributed by atoms with Gasteiger partial charge in [-0.25, -0.2) is 9.97 Å². The predicted octanol–water partition coefficient (Wildman–Crippen LogP) is 0.448. The number of hydrogen-bond donors (Lipinski definition) is 1. The highest BCUT2D eigenvalue weighted by atomic mass is 16.2. The molecular formula is C13H16N4O2. The Kier molecular flexibility index (Phi) is 2.93. The zero-order valence-electron chi connectivity index (χ0n) is 10.6. The van der Waals surface area contributed by atoms with Crippen LogP contribution in [0, 0.1) is 11.8 Å². The van der Waals surface area contributed by atoms with Crippen LogP contribution in [0.5, 0.6) is 0 Å². The van der Waals surface area contributed by atoms with Gasteiger partial charge >= 0.3 is 0 Å². The second kappa shape index (κ2) is 4.60. The van der Waals surface area contributed by atoms with Crippen LogP contribution in [-0.2, 0) is 0 Å². The molecule has 1 saturated carbocycles. The predicted molar refractivity (Wildman–Crippen MR) is 67.3 cm³/mol. The molecule has 2 heterocycles. The number of carbonyl (C=O) groups is 2. The van der Waals surface area contributed by atoms with Crippen LogP contribution in [0.15, 0.2) is 12.4 Å². The molecule has 0 spiro atoms. The molecule has 1 aromatic heterocycles. The average molecular weight is 260 g/mol. The summed E-state index contributed by atoms with van der Waals surface area (Å²) in [5, 5.41) is 0. The molecule has 2 atom stereocenters. The second-order valence-corrected chi connectivity index (χ2v) is 5.28. The van der Waals surface area contributed by atoms with E-state index in [1.807, 2.05) is 0 Å². The number of aromatic nitrogens is 2. The van der Waals surface area contributed by atoms with Crippen LogP contribution in [0.3, 0.4) is 0 Å². The Morgan fingerprint density at radius 1 is 1.11 bits per heavy atom. The first kappa shape index (κ1) is 12.1. The van der Waals surface area contributed by atoms with E-state index in [-0.39, 0.29) is 17.3 Å². The topological polar surface area (TPSA) is 89.2 Å². The third-order valence-electron chi connectivity index (χ3n) is 4.15. The molecule has 19 heavy (non-hydrogen) atoms. The standard InChI is InChI=1S/C13H16N4O2/c14-12(18)10-11(16-5-4-15-10)13(19)17-6-8-2-1-3-9(8)7-17/h4-5,8-9H,1-3,6-7H2,(H2,14,18)/t8-,9-/m1/s1. The van der Waals surface area contributed by atoms with Gasteiger partial charge in [0.1, 0.15) is 0 Å². The van der Waals surface area contributed by atoms with Gasteiger partial charge in [-0.2, -0.15) is 0 Å². The van der Waals surface area contributed by atoms with Gasteiger partial charge in [0.05, 0.1) is 0 Å². The molecule has 0 unspecified atom stereocenters. The first-order valence-corrected chi connectivity index (χ1v) is 6.57. The Balaban J connectivity index is 1.83. The Hall–Kier alpha value is -1.98. The van der Waals surface area contributed by atoms with Crippen LogP contribution in [0.1, 0.15) is 40.2 Å². The third kappa shape index (κ3) is 2.07. The first-order chi connectivity index (χ1) is 9.16. The lowest BCUT2D eigenvalue weighted by atomic mass is 10.0. The Morgan fingerprint density at radius 3 is 2.26 bits per heavy atom. The van der Waals surface area contributed by atoms with E-state index in [1.165, 1.54) is 31.7 Å². The van der Waals surface area contributed by atoms with Gasteiger partial charge in [0.15, 0.2) is 11.4 Å². The molecule has 1 aliphatic heterocycles. The number of primary amides is 1. The molecule has 100 valence electrons. The highest BCUT2D eigenvalue weighted by molar-refractivity contribution is 6.04. The van der Waals surface area contributed by atoms with Crippen molar-refractivity contribution in [2.45, 2.75) is 19.3 Å². The van der Waals surface area contributed by atoms with Crippen molar-refractivity contribution in [1.82, 2.24) is 14.9 Å². The summed E-state index contributed by atoms with van der Waals surface area (Å²) < 4.78 is 0. The molecule has 6 nitrogen and oxygen atoms in total. The van der Waals surface area contributed by atoms with E-state index < -0.39 is 5.91 Å². The fraction of sp³-hybridized carbons (Fsp3) is 0.538. The number of nitrogens with zero attached hydrogens (tertiary/aromatic N) is 3. The lowest BCUT2D eigenvalue weighted by Gasteiger charge is -2.17. The minimum atomic E-state index is -0.712. The van der Waals surface area contributed by atoms with E-state index in [0.29, 0.717) is 11.8 Å². The number of likely N-dealkylation sites (tertiary alicyclic amines) is 1. The van der Waals surface area contributed by atoms with E-state index in [4.69, 9.17) is 5.73 Å². The van der Waals surface area contributed by atoms with E-state index in [1.54, 1.807) is 4.90 Å². The van der Waals surface area contributed by atoms with Crippen LogP contribution in [0.4, 0.5) is 0 Å². The first-order valence-electron chi connectivity index (χ1n) is 6.57. The summed E-state index contributed by atoms with van der Waals surface area (Å²) in [6, 6.07) is 0. The van der Waals surface area contributed by atoms with Crippen LogP contribution >= 0.6 is 0 Å². The summed E-state index contributed by atoms with van der Waals surface area (Å²) in [6.07, 6.45) is 6.43. The summed E-state index contributed by atoms with van der Waals surface area (Å²) in [6.45, 7) is 1.52. The van der Waals surface area contributed by atoms with E-state index >= 15 is 0 Å². The quantitative estimate of drug-likeness (QED) is 0.836. The average Bonchev–Trinajstić information content (AvgIpc) is 2.98. The minimum absolute atomic E-state index is 0.0374. The minimum Gasteiger partial charge on any atom is -0.364 e. The maximum absolute atomic E-state index is 12.4. The monoisotopic (exact) mass is 260 g/mol. The number of carbonyl (C=O) groups excluding carboxylic acids is 2. The summed E-state index contributed by atoms with van der Waals surface area (Å²) in [5.74, 6) is 0.280. The molecule has 2 amide bonds. The normalized spacial score (nSPS) is 25.4. The molecule has 2 N–H and O–H groups in total. The zero-order chi connectivity index (χ0) is 13.4. The molecular weight excluding hydrogens is 244 g/mol. The molecule has 2 fully saturated rings. The van der Waals surface area contributed by atoms with Gasteiger partial charge in [0.2, 0.25) is 0 Å². The molecule has 0 radical (unpaired) electrons. The van der Waals surface area contributed by atoms with Gasteiger partial charge in [-0.15, -0.1) is 0 Å². The number of fused-ring (bicyclic) bond motifs is 1. The Labute approximate surface area is 111 Å². The lowest BCUT2D eigenvalue weighted by molar-refractivity contribution is 0.0768. The molecule has 6 heteroatoms. The van der Waals surface area contributed by atoms with Crippen LogP contribution < -0.4 is 5.73 Å². The molecule has 1 aliphatic carbocycles. The fourth-order valence-corrected chi connectivity index (χ4v) is 3.23. The maximum atomic E-state index is 12.4. The van der Waals surface area contributed by atoms with Gasteiger partial charge in [0.25, 0.3) is 11.8 Å². The van der Waals surface area contributed by atoms with Crippen molar-refractivity contribution < 1.29 is 9.59 Å². The van der Waals surface area contributed by atoms with Crippen LogP contribution in [0.2, 0.25) is 0 Å². The summed E-state index contributed by atoms with van der Waals surface area (Å²) in [7, 11) is 0. The van der Waals surface area contributed by atoms with Crippen molar-refractivity contribution in [3.63, 3.8) is 0 Å². The van der Waals surface area contributed by atoms with Gasteiger partial charge < -0.3 is 10.6 Å². The highest BCUT2D eigenvalue weighted by Gasteiger charge is 2.39. The number of nitrogens with two attached hydrogens (primary N) is 1. The Bertz CT molecular complexity index is 519. The molecule has 0 bridgehead atoms. The summed E-state index contributed by atoms with van der Waals surface area (Å²) in [4.78, 5) is 33.3. The number of hydrogen-bond acceptors (Lipinski definition) is 4. The number of rotatable bonds is 2. The van der Waals surface area contributed by atoms with Gasteiger partial charge in [-0.1, -0.05) is 6.42 Å². The molecule has 1 aromatic rings. The van der Waals surface area contributed by atoms with Crippen molar-refractivity contribution in [2.75, 3.05) is 13.1 Å². The maximum Gasteiger partial charge on any atom is 0.274 e. The molecule has 3 rings (SSSR count). The van der Waals surface area contributed by atoms with Gasteiger partial charge in [-0.3, -0.25) is 9.59 Å².